The van der Waals surface area contributed by atoms with E-state index in [9.17, 15) is 4.79 Å². The van der Waals surface area contributed by atoms with Crippen LogP contribution in [-0.2, 0) is 17.8 Å². The van der Waals surface area contributed by atoms with Crippen molar-refractivity contribution in [3.05, 3.63) is 35.7 Å². The van der Waals surface area contributed by atoms with Gasteiger partial charge in [-0.3, -0.25) is 4.79 Å². The van der Waals surface area contributed by atoms with Crippen LogP contribution >= 0.6 is 11.8 Å². The zero-order valence-electron chi connectivity index (χ0n) is 13.0. The van der Waals surface area contributed by atoms with Crippen LogP contribution in [0.25, 0.3) is 0 Å². The Bertz CT molecular complexity index is 657. The van der Waals surface area contributed by atoms with Crippen LogP contribution in [0.3, 0.4) is 0 Å². The molecule has 0 aliphatic carbocycles. The first-order valence-corrected chi connectivity index (χ1v) is 8.59. The largest absolute Gasteiger partial charge is 0.497 e. The molecule has 23 heavy (non-hydrogen) atoms. The summed E-state index contributed by atoms with van der Waals surface area (Å²) >= 11 is 1.53. The van der Waals surface area contributed by atoms with Crippen LogP contribution in [0, 0.1) is 0 Å². The lowest BCUT2D eigenvalue weighted by atomic mass is 10.2. The van der Waals surface area contributed by atoms with Crippen molar-refractivity contribution in [3.63, 3.8) is 0 Å². The summed E-state index contributed by atoms with van der Waals surface area (Å²) in [5, 5.41) is 8.60. The first-order valence-electron chi connectivity index (χ1n) is 7.60. The van der Waals surface area contributed by atoms with E-state index in [0.29, 0.717) is 24.1 Å². The number of likely N-dealkylation sites (tertiary alicyclic amines) is 1. The van der Waals surface area contributed by atoms with Gasteiger partial charge in [0.05, 0.1) is 13.7 Å². The van der Waals surface area contributed by atoms with Crippen LogP contribution in [0.2, 0.25) is 0 Å². The fourth-order valence-electron chi connectivity index (χ4n) is 2.44. The number of carbonyl (C=O) groups is 1. The van der Waals surface area contributed by atoms with Crippen LogP contribution in [0.1, 0.15) is 24.3 Å². The number of thioether (sulfide) groups is 1. The van der Waals surface area contributed by atoms with Crippen LogP contribution in [-0.4, -0.2) is 40.4 Å². The summed E-state index contributed by atoms with van der Waals surface area (Å²) in [5.74, 6) is 2.39. The highest BCUT2D eigenvalue weighted by Gasteiger charge is 2.22. The second-order valence-corrected chi connectivity index (χ2v) is 6.37. The zero-order chi connectivity index (χ0) is 16.1. The molecule has 1 aromatic carbocycles. The van der Waals surface area contributed by atoms with Gasteiger partial charge in [0.2, 0.25) is 11.8 Å². The van der Waals surface area contributed by atoms with Gasteiger partial charge < -0.3 is 14.1 Å². The summed E-state index contributed by atoms with van der Waals surface area (Å²) in [6.07, 6.45) is 2.45. The van der Waals surface area contributed by atoms with Gasteiger partial charge in [0, 0.05) is 18.7 Å². The maximum atomic E-state index is 11.6. The second kappa shape index (κ2) is 7.50. The van der Waals surface area contributed by atoms with Crippen molar-refractivity contribution in [1.29, 1.82) is 0 Å². The first-order chi connectivity index (χ1) is 11.2. The summed E-state index contributed by atoms with van der Waals surface area (Å²) in [5.41, 5.74) is 1.24. The minimum Gasteiger partial charge on any atom is -0.497 e. The zero-order valence-corrected chi connectivity index (χ0v) is 13.8. The Morgan fingerprint density at radius 2 is 2.13 bits per heavy atom. The minimum absolute atomic E-state index is 0.164. The fraction of sp³-hybridized carbons (Fsp3) is 0.438. The Hall–Kier alpha value is -2.02. The van der Waals surface area contributed by atoms with Gasteiger partial charge in [0.25, 0.3) is 5.22 Å². The van der Waals surface area contributed by atoms with E-state index in [1.165, 1.54) is 17.3 Å². The molecule has 122 valence electrons. The van der Waals surface area contributed by atoms with Crippen molar-refractivity contribution >= 4 is 17.7 Å². The summed E-state index contributed by atoms with van der Waals surface area (Å²) in [4.78, 5) is 13.3. The van der Waals surface area contributed by atoms with Gasteiger partial charge in [-0.05, 0) is 30.5 Å². The van der Waals surface area contributed by atoms with E-state index in [1.807, 2.05) is 12.1 Å². The third-order valence-corrected chi connectivity index (χ3v) is 4.54. The molecule has 7 heteroatoms. The molecule has 1 aromatic heterocycles. The Morgan fingerprint density at radius 1 is 1.30 bits per heavy atom. The molecule has 3 rings (SSSR count). The molecule has 0 saturated carbocycles. The fourth-order valence-corrected chi connectivity index (χ4v) is 3.21. The summed E-state index contributed by atoms with van der Waals surface area (Å²) < 4.78 is 10.7. The van der Waals surface area contributed by atoms with Crippen molar-refractivity contribution in [2.75, 3.05) is 19.4 Å². The number of hydrogen-bond donors (Lipinski definition) is 0. The van der Waals surface area contributed by atoms with Crippen LogP contribution in [0.4, 0.5) is 0 Å². The average Bonchev–Trinajstić information content (AvgIpc) is 3.18. The highest BCUT2D eigenvalue weighted by Crippen LogP contribution is 2.20. The van der Waals surface area contributed by atoms with E-state index in [4.69, 9.17) is 9.15 Å². The quantitative estimate of drug-likeness (QED) is 0.725. The van der Waals surface area contributed by atoms with Crippen molar-refractivity contribution in [1.82, 2.24) is 15.1 Å². The summed E-state index contributed by atoms with van der Waals surface area (Å²) in [6.45, 7) is 1.20. The lowest BCUT2D eigenvalue weighted by Crippen LogP contribution is -2.23. The topological polar surface area (TPSA) is 68.5 Å². The van der Waals surface area contributed by atoms with E-state index in [1.54, 1.807) is 12.0 Å². The molecule has 0 unspecified atom stereocenters. The van der Waals surface area contributed by atoms with Gasteiger partial charge >= 0.3 is 0 Å². The van der Waals surface area contributed by atoms with Crippen molar-refractivity contribution < 1.29 is 13.9 Å². The number of aryl methyl sites for hydroxylation is 1. The number of aromatic nitrogens is 2. The highest BCUT2D eigenvalue weighted by molar-refractivity contribution is 7.99. The van der Waals surface area contributed by atoms with Crippen LogP contribution in [0.5, 0.6) is 5.75 Å². The third kappa shape index (κ3) is 4.25. The number of methoxy groups -OCH3 is 1. The van der Waals surface area contributed by atoms with E-state index in [2.05, 4.69) is 22.3 Å². The molecular formula is C16H19N3O3S. The smallest absolute Gasteiger partial charge is 0.276 e. The highest BCUT2D eigenvalue weighted by atomic mass is 32.2. The molecule has 1 fully saturated rings. The maximum absolute atomic E-state index is 11.6. The molecule has 1 amide bonds. The Morgan fingerprint density at radius 3 is 2.83 bits per heavy atom. The Balaban J connectivity index is 1.46. The Labute approximate surface area is 139 Å². The van der Waals surface area contributed by atoms with Gasteiger partial charge in [-0.2, -0.15) is 0 Å². The maximum Gasteiger partial charge on any atom is 0.276 e. The SMILES string of the molecule is COc1ccc(CCSc2nnc(CN3CCCC3=O)o2)cc1. The molecule has 6 nitrogen and oxygen atoms in total. The van der Waals surface area contributed by atoms with Gasteiger partial charge in [0.15, 0.2) is 0 Å². The standard InChI is InChI=1S/C16H19N3O3S/c1-21-13-6-4-12(5-7-13)8-10-23-16-18-17-14(22-16)11-19-9-2-3-15(19)20/h4-7H,2-3,8-11H2,1H3. The summed E-state index contributed by atoms with van der Waals surface area (Å²) in [7, 11) is 1.66. The van der Waals surface area contributed by atoms with Crippen molar-refractivity contribution in [2.24, 2.45) is 0 Å². The molecule has 1 saturated heterocycles. The normalized spacial score (nSPS) is 14.5. The van der Waals surface area contributed by atoms with E-state index in [0.717, 1.165) is 30.9 Å². The molecule has 0 radical (unpaired) electrons. The van der Waals surface area contributed by atoms with E-state index in [-0.39, 0.29) is 5.91 Å². The average molecular weight is 333 g/mol. The molecular weight excluding hydrogens is 314 g/mol. The number of benzene rings is 1. The Kier molecular flexibility index (Phi) is 5.17. The number of nitrogens with zero attached hydrogens (tertiary/aromatic N) is 3. The van der Waals surface area contributed by atoms with E-state index < -0.39 is 0 Å². The van der Waals surface area contributed by atoms with Crippen LogP contribution in [0.15, 0.2) is 33.9 Å². The molecule has 0 N–H and O–H groups in total. The predicted octanol–water partition coefficient (Wildman–Crippen LogP) is 2.54. The first kappa shape index (κ1) is 15.9. The molecule has 1 aliphatic heterocycles. The van der Waals surface area contributed by atoms with Gasteiger partial charge in [-0.15, -0.1) is 10.2 Å². The van der Waals surface area contributed by atoms with Crippen LogP contribution < -0.4 is 4.74 Å². The minimum atomic E-state index is 0.164. The molecule has 0 spiro atoms. The van der Waals surface area contributed by atoms with Crippen molar-refractivity contribution in [3.8, 4) is 5.75 Å². The number of amides is 1. The number of carbonyl (C=O) groups excluding carboxylic acids is 1. The van der Waals surface area contributed by atoms with Gasteiger partial charge in [-0.1, -0.05) is 23.9 Å². The molecule has 0 bridgehead atoms. The number of rotatable bonds is 7. The summed E-state index contributed by atoms with van der Waals surface area (Å²) in [6, 6.07) is 8.02. The van der Waals surface area contributed by atoms with E-state index >= 15 is 0 Å². The second-order valence-electron chi connectivity index (χ2n) is 5.33. The molecule has 2 aromatic rings. The molecule has 1 aliphatic rings. The lowest BCUT2D eigenvalue weighted by Gasteiger charge is -2.11. The molecule has 2 heterocycles. The van der Waals surface area contributed by atoms with Gasteiger partial charge in [-0.25, -0.2) is 0 Å². The predicted molar refractivity (Wildman–Crippen MR) is 86.4 cm³/mol. The van der Waals surface area contributed by atoms with Gasteiger partial charge in [0.1, 0.15) is 5.75 Å². The number of hydrogen-bond acceptors (Lipinski definition) is 6. The molecule has 0 atom stereocenters. The monoisotopic (exact) mass is 333 g/mol. The number of ether oxygens (including phenoxy) is 1. The lowest BCUT2D eigenvalue weighted by molar-refractivity contribution is -0.128. The van der Waals surface area contributed by atoms with Crippen molar-refractivity contribution in [2.45, 2.75) is 31.0 Å². The third-order valence-electron chi connectivity index (χ3n) is 3.72.